The summed E-state index contributed by atoms with van der Waals surface area (Å²) in [6.45, 7) is 2.21. The molecule has 12 nitrogen and oxygen atoms in total. The summed E-state index contributed by atoms with van der Waals surface area (Å²) >= 11 is 0. The molecule has 0 saturated carbocycles. The first-order valence-corrected chi connectivity index (χ1v) is 13.7. The number of anilines is 3. The molecule has 0 saturated heterocycles. The SMILES string of the molecule is Cc1ccc(NC(=O)c2cn(CCNS(=O)(=O)c3ccccc3)nn2)cc1Nc1nccc(-c2cccnc2)n1. The summed E-state index contributed by atoms with van der Waals surface area (Å²) in [5, 5.41) is 13.9. The van der Waals surface area contributed by atoms with E-state index in [0.717, 1.165) is 22.5 Å². The zero-order valence-corrected chi connectivity index (χ0v) is 22.2. The molecule has 0 radical (unpaired) electrons. The molecule has 0 bridgehead atoms. The molecule has 0 atom stereocenters. The van der Waals surface area contributed by atoms with Crippen LogP contribution in [-0.4, -0.2) is 50.8 Å². The number of aromatic nitrogens is 6. The van der Waals surface area contributed by atoms with E-state index in [1.807, 2.05) is 25.1 Å². The molecule has 0 aliphatic rings. The standard InChI is InChI=1S/C27H25N9O3S/c1-19-9-10-21(16-24(19)33-27-29-13-11-23(32-27)20-6-5-12-28-17-20)31-26(37)25-18-36(35-34-25)15-14-30-40(38,39)22-7-3-2-4-8-22/h2-13,16-18,30H,14-15H2,1H3,(H,31,37)(H,29,32,33). The van der Waals surface area contributed by atoms with Gasteiger partial charge in [0, 0.05) is 42.1 Å². The molecule has 0 aliphatic carbocycles. The van der Waals surface area contributed by atoms with Gasteiger partial charge in [0.15, 0.2) is 5.69 Å². The maximum absolute atomic E-state index is 12.8. The molecule has 3 aromatic heterocycles. The minimum absolute atomic E-state index is 0.0820. The van der Waals surface area contributed by atoms with Crippen LogP contribution < -0.4 is 15.4 Å². The summed E-state index contributed by atoms with van der Waals surface area (Å²) in [5.74, 6) is -0.0560. The van der Waals surface area contributed by atoms with Crippen molar-refractivity contribution in [1.29, 1.82) is 0 Å². The Labute approximate surface area is 230 Å². The van der Waals surface area contributed by atoms with Gasteiger partial charge >= 0.3 is 0 Å². The second-order valence-electron chi connectivity index (χ2n) is 8.69. The molecule has 0 aliphatic heterocycles. The van der Waals surface area contributed by atoms with Crippen molar-refractivity contribution < 1.29 is 13.2 Å². The van der Waals surface area contributed by atoms with E-state index < -0.39 is 15.9 Å². The number of hydrogen-bond donors (Lipinski definition) is 3. The molecule has 0 unspecified atom stereocenters. The monoisotopic (exact) mass is 555 g/mol. The first-order valence-electron chi connectivity index (χ1n) is 12.2. The molecule has 0 spiro atoms. The fraction of sp³-hybridized carbons (Fsp3) is 0.111. The Morgan fingerprint density at radius 3 is 2.65 bits per heavy atom. The van der Waals surface area contributed by atoms with Gasteiger partial charge in [0.1, 0.15) is 0 Å². The second-order valence-corrected chi connectivity index (χ2v) is 10.5. The second kappa shape index (κ2) is 11.8. The lowest BCUT2D eigenvalue weighted by molar-refractivity contribution is 0.102. The van der Waals surface area contributed by atoms with Crippen LogP contribution >= 0.6 is 0 Å². The lowest BCUT2D eigenvalue weighted by Gasteiger charge is -2.11. The van der Waals surface area contributed by atoms with Gasteiger partial charge in [-0.05, 0) is 55.0 Å². The van der Waals surface area contributed by atoms with E-state index in [1.165, 1.54) is 23.0 Å². The van der Waals surface area contributed by atoms with Crippen LogP contribution in [0, 0.1) is 6.92 Å². The number of hydrogen-bond acceptors (Lipinski definition) is 9. The van der Waals surface area contributed by atoms with Crippen LogP contribution in [0.3, 0.4) is 0 Å². The maximum atomic E-state index is 12.8. The molecule has 202 valence electrons. The lowest BCUT2D eigenvalue weighted by Crippen LogP contribution is -2.27. The maximum Gasteiger partial charge on any atom is 0.277 e. The highest BCUT2D eigenvalue weighted by molar-refractivity contribution is 7.89. The van der Waals surface area contributed by atoms with E-state index in [9.17, 15) is 13.2 Å². The highest BCUT2D eigenvalue weighted by Gasteiger charge is 2.15. The number of carbonyl (C=O) groups excluding carboxylic acids is 1. The van der Waals surface area contributed by atoms with E-state index in [2.05, 4.69) is 40.6 Å². The predicted molar refractivity (Wildman–Crippen MR) is 149 cm³/mol. The van der Waals surface area contributed by atoms with Crippen LogP contribution in [0.5, 0.6) is 0 Å². The molecule has 40 heavy (non-hydrogen) atoms. The number of amides is 1. The van der Waals surface area contributed by atoms with Crippen molar-refractivity contribution in [3.05, 3.63) is 103 Å². The van der Waals surface area contributed by atoms with Crippen LogP contribution in [-0.2, 0) is 16.6 Å². The Morgan fingerprint density at radius 1 is 1.00 bits per heavy atom. The summed E-state index contributed by atoms with van der Waals surface area (Å²) in [6, 6.07) is 19.0. The first kappa shape index (κ1) is 26.6. The van der Waals surface area contributed by atoms with E-state index in [0.29, 0.717) is 11.6 Å². The third kappa shape index (κ3) is 6.51. The van der Waals surface area contributed by atoms with Gasteiger partial charge in [-0.15, -0.1) is 5.10 Å². The van der Waals surface area contributed by atoms with Crippen molar-refractivity contribution in [3.63, 3.8) is 0 Å². The minimum Gasteiger partial charge on any atom is -0.324 e. The zero-order chi connectivity index (χ0) is 28.0. The van der Waals surface area contributed by atoms with Gasteiger partial charge in [0.25, 0.3) is 5.91 Å². The third-order valence-corrected chi connectivity index (χ3v) is 7.29. The fourth-order valence-electron chi connectivity index (χ4n) is 3.73. The Bertz CT molecular complexity index is 1730. The number of nitrogens with zero attached hydrogens (tertiary/aromatic N) is 6. The van der Waals surface area contributed by atoms with E-state index in [1.54, 1.807) is 55.0 Å². The molecular formula is C27H25N9O3S. The van der Waals surface area contributed by atoms with Crippen LogP contribution in [0.15, 0.2) is 96.4 Å². The van der Waals surface area contributed by atoms with Crippen molar-refractivity contribution >= 4 is 33.3 Å². The number of benzene rings is 2. The Balaban J connectivity index is 1.20. The average molecular weight is 556 g/mol. The molecule has 0 fully saturated rings. The normalized spacial score (nSPS) is 11.2. The van der Waals surface area contributed by atoms with Crippen LogP contribution in [0.2, 0.25) is 0 Å². The van der Waals surface area contributed by atoms with E-state index in [4.69, 9.17) is 0 Å². The largest absolute Gasteiger partial charge is 0.324 e. The Hall–Kier alpha value is -5.01. The number of nitrogens with one attached hydrogen (secondary N) is 3. The zero-order valence-electron chi connectivity index (χ0n) is 21.4. The Morgan fingerprint density at radius 2 is 1.85 bits per heavy atom. The highest BCUT2D eigenvalue weighted by Crippen LogP contribution is 2.24. The van der Waals surface area contributed by atoms with Gasteiger partial charge in [0.05, 0.1) is 23.3 Å². The van der Waals surface area contributed by atoms with Crippen molar-refractivity contribution in [2.24, 2.45) is 0 Å². The number of rotatable bonds is 10. The van der Waals surface area contributed by atoms with Gasteiger partial charge in [-0.1, -0.05) is 29.5 Å². The van der Waals surface area contributed by atoms with Crippen molar-refractivity contribution in [1.82, 2.24) is 34.7 Å². The Kier molecular flexibility index (Phi) is 7.84. The highest BCUT2D eigenvalue weighted by atomic mass is 32.2. The van der Waals surface area contributed by atoms with Gasteiger partial charge in [-0.2, -0.15) is 0 Å². The van der Waals surface area contributed by atoms with Gasteiger partial charge in [-0.25, -0.2) is 23.1 Å². The smallest absolute Gasteiger partial charge is 0.277 e. The summed E-state index contributed by atoms with van der Waals surface area (Å²) < 4.78 is 28.6. The van der Waals surface area contributed by atoms with Gasteiger partial charge < -0.3 is 10.6 Å². The summed E-state index contributed by atoms with van der Waals surface area (Å²) in [5.41, 5.74) is 3.86. The molecule has 5 rings (SSSR count). The topological polar surface area (TPSA) is 157 Å². The summed E-state index contributed by atoms with van der Waals surface area (Å²) in [6.07, 6.45) is 6.54. The summed E-state index contributed by atoms with van der Waals surface area (Å²) in [4.78, 5) is 26.0. The van der Waals surface area contributed by atoms with E-state index >= 15 is 0 Å². The van der Waals surface area contributed by atoms with Crippen LogP contribution in [0.4, 0.5) is 17.3 Å². The molecule has 13 heteroatoms. The number of sulfonamides is 1. The van der Waals surface area contributed by atoms with Crippen LogP contribution in [0.1, 0.15) is 16.1 Å². The fourth-order valence-corrected chi connectivity index (χ4v) is 4.78. The quantitative estimate of drug-likeness (QED) is 0.235. The van der Waals surface area contributed by atoms with Crippen molar-refractivity contribution in [3.8, 4) is 11.3 Å². The molecule has 2 aromatic carbocycles. The molecular weight excluding hydrogens is 530 g/mol. The van der Waals surface area contributed by atoms with Crippen molar-refractivity contribution in [2.75, 3.05) is 17.2 Å². The molecule has 5 aromatic rings. The van der Waals surface area contributed by atoms with Crippen LogP contribution in [0.25, 0.3) is 11.3 Å². The lowest BCUT2D eigenvalue weighted by atomic mass is 10.1. The molecule has 1 amide bonds. The van der Waals surface area contributed by atoms with Crippen molar-refractivity contribution in [2.45, 2.75) is 18.4 Å². The first-order chi connectivity index (χ1) is 19.4. The third-order valence-electron chi connectivity index (χ3n) is 5.81. The number of pyridine rings is 1. The summed E-state index contributed by atoms with van der Waals surface area (Å²) in [7, 11) is -3.64. The predicted octanol–water partition coefficient (Wildman–Crippen LogP) is 3.41. The number of aryl methyl sites for hydroxylation is 1. The van der Waals surface area contributed by atoms with Gasteiger partial charge in [-0.3, -0.25) is 14.5 Å². The average Bonchev–Trinajstić information content (AvgIpc) is 3.45. The number of carbonyl (C=O) groups is 1. The molecule has 3 N–H and O–H groups in total. The molecule has 3 heterocycles. The van der Waals surface area contributed by atoms with Gasteiger partial charge in [0.2, 0.25) is 16.0 Å². The minimum atomic E-state index is -3.64. The van der Waals surface area contributed by atoms with E-state index in [-0.39, 0.29) is 23.7 Å².